The van der Waals surface area contributed by atoms with Crippen molar-refractivity contribution in [2.45, 2.75) is 0 Å². The average Bonchev–Trinajstić information content (AvgIpc) is 3.19. The quantitative estimate of drug-likeness (QED) is 0.598. The summed E-state index contributed by atoms with van der Waals surface area (Å²) in [4.78, 5) is 8.56. The Bertz CT molecular complexity index is 862. The number of nitrogen functional groups attached to an aromatic ring is 1. The van der Waals surface area contributed by atoms with E-state index in [9.17, 15) is 0 Å². The second-order valence-electron chi connectivity index (χ2n) is 4.16. The number of rotatable bonds is 2. The minimum atomic E-state index is 0.235. The normalized spacial score (nSPS) is 11.2. The number of anilines is 1. The maximum Gasteiger partial charge on any atom is 0.225 e. The van der Waals surface area contributed by atoms with E-state index in [2.05, 4.69) is 15.1 Å². The van der Waals surface area contributed by atoms with Gasteiger partial charge < -0.3 is 14.6 Å². The Labute approximate surface area is 112 Å². The van der Waals surface area contributed by atoms with Gasteiger partial charge >= 0.3 is 0 Å². The molecular formula is C13H9N5O2. The number of nitrogens with two attached hydrogens (primary N) is 1. The maximum absolute atomic E-state index is 5.91. The number of nitrogens with zero attached hydrogens (tertiary/aromatic N) is 4. The summed E-state index contributed by atoms with van der Waals surface area (Å²) in [6.45, 7) is 0. The Hall–Kier alpha value is -3.09. The number of aromatic nitrogens is 4. The van der Waals surface area contributed by atoms with Crippen molar-refractivity contribution in [1.29, 1.82) is 0 Å². The lowest BCUT2D eigenvalue weighted by atomic mass is 10.3. The lowest BCUT2D eigenvalue weighted by molar-refractivity contribution is 0.576. The predicted octanol–water partition coefficient (Wildman–Crippen LogP) is 2.23. The fourth-order valence-corrected chi connectivity index (χ4v) is 1.97. The number of hydrogen-bond donors (Lipinski definition) is 1. The minimum absolute atomic E-state index is 0.235. The summed E-state index contributed by atoms with van der Waals surface area (Å²) in [5.74, 6) is 1.86. The van der Waals surface area contributed by atoms with Gasteiger partial charge in [0, 0.05) is 6.07 Å². The molecule has 0 aromatic carbocycles. The van der Waals surface area contributed by atoms with Crippen molar-refractivity contribution in [3.8, 4) is 23.0 Å². The Morgan fingerprint density at radius 2 is 1.75 bits per heavy atom. The van der Waals surface area contributed by atoms with E-state index in [1.807, 2.05) is 6.07 Å². The van der Waals surface area contributed by atoms with Gasteiger partial charge in [-0.05, 0) is 24.3 Å². The molecular weight excluding hydrogens is 258 g/mol. The maximum atomic E-state index is 5.91. The molecule has 0 bridgehead atoms. The third-order valence-corrected chi connectivity index (χ3v) is 2.86. The molecule has 0 saturated carbocycles. The number of fused-ring (bicyclic) bond motifs is 1. The molecule has 0 atom stereocenters. The van der Waals surface area contributed by atoms with Crippen LogP contribution in [0.15, 0.2) is 51.7 Å². The second-order valence-corrected chi connectivity index (χ2v) is 4.16. The predicted molar refractivity (Wildman–Crippen MR) is 70.6 cm³/mol. The molecule has 0 aliphatic rings. The minimum Gasteiger partial charge on any atom is -0.463 e. The zero-order chi connectivity index (χ0) is 13.5. The SMILES string of the molecule is Nc1nc(-c2ccco2)nc2cc(-c3ccco3)nn12. The summed E-state index contributed by atoms with van der Waals surface area (Å²) >= 11 is 0. The molecule has 4 rings (SSSR count). The van der Waals surface area contributed by atoms with Crippen molar-refractivity contribution in [2.75, 3.05) is 5.73 Å². The first-order valence-corrected chi connectivity index (χ1v) is 5.92. The molecule has 0 aliphatic heterocycles. The summed E-state index contributed by atoms with van der Waals surface area (Å²) in [6, 6.07) is 8.93. The van der Waals surface area contributed by atoms with Gasteiger partial charge in [-0.15, -0.1) is 0 Å². The van der Waals surface area contributed by atoms with Crippen LogP contribution in [0.5, 0.6) is 0 Å². The summed E-state index contributed by atoms with van der Waals surface area (Å²) < 4.78 is 12.0. The lowest BCUT2D eigenvalue weighted by Gasteiger charge is -2.00. The van der Waals surface area contributed by atoms with Crippen molar-refractivity contribution < 1.29 is 8.83 Å². The van der Waals surface area contributed by atoms with E-state index in [1.165, 1.54) is 4.52 Å². The van der Waals surface area contributed by atoms with Crippen LogP contribution in [-0.4, -0.2) is 19.6 Å². The summed E-state index contributed by atoms with van der Waals surface area (Å²) in [5, 5.41) is 4.32. The van der Waals surface area contributed by atoms with Crippen LogP contribution in [0, 0.1) is 0 Å². The van der Waals surface area contributed by atoms with Gasteiger partial charge in [0.05, 0.1) is 12.5 Å². The summed E-state index contributed by atoms with van der Waals surface area (Å²) in [6.07, 6.45) is 3.15. The second kappa shape index (κ2) is 3.95. The molecule has 4 aromatic heterocycles. The Balaban J connectivity index is 1.92. The fraction of sp³-hybridized carbons (Fsp3) is 0. The highest BCUT2D eigenvalue weighted by Crippen LogP contribution is 2.22. The molecule has 0 unspecified atom stereocenters. The van der Waals surface area contributed by atoms with Crippen LogP contribution >= 0.6 is 0 Å². The van der Waals surface area contributed by atoms with Crippen molar-refractivity contribution in [2.24, 2.45) is 0 Å². The highest BCUT2D eigenvalue weighted by molar-refractivity contribution is 5.62. The van der Waals surface area contributed by atoms with Crippen LogP contribution in [0.4, 0.5) is 5.95 Å². The van der Waals surface area contributed by atoms with E-state index < -0.39 is 0 Å². The van der Waals surface area contributed by atoms with Gasteiger partial charge in [0.1, 0.15) is 5.69 Å². The van der Waals surface area contributed by atoms with Crippen LogP contribution in [0.2, 0.25) is 0 Å². The standard InChI is InChI=1S/C13H9N5O2/c14-13-16-12(10-4-2-6-20-10)15-11-7-8(17-18(11)13)9-3-1-5-19-9/h1-7H,(H2,14,15,16). The molecule has 0 aliphatic carbocycles. The van der Waals surface area contributed by atoms with Crippen molar-refractivity contribution >= 4 is 11.6 Å². The molecule has 0 spiro atoms. The van der Waals surface area contributed by atoms with E-state index in [1.54, 1.807) is 36.8 Å². The summed E-state index contributed by atoms with van der Waals surface area (Å²) in [7, 11) is 0. The van der Waals surface area contributed by atoms with Gasteiger partial charge in [0.25, 0.3) is 0 Å². The van der Waals surface area contributed by atoms with Gasteiger partial charge in [-0.2, -0.15) is 14.6 Å². The van der Waals surface area contributed by atoms with Crippen molar-refractivity contribution in [1.82, 2.24) is 19.6 Å². The molecule has 98 valence electrons. The first-order chi connectivity index (χ1) is 9.81. The van der Waals surface area contributed by atoms with Gasteiger partial charge in [-0.3, -0.25) is 0 Å². The van der Waals surface area contributed by atoms with Crippen LogP contribution in [0.25, 0.3) is 28.7 Å². The number of hydrogen-bond acceptors (Lipinski definition) is 6. The van der Waals surface area contributed by atoms with Gasteiger partial charge in [0.2, 0.25) is 11.8 Å². The smallest absolute Gasteiger partial charge is 0.225 e. The third-order valence-electron chi connectivity index (χ3n) is 2.86. The van der Waals surface area contributed by atoms with Crippen LogP contribution in [-0.2, 0) is 0 Å². The Morgan fingerprint density at radius 1 is 1.00 bits per heavy atom. The molecule has 20 heavy (non-hydrogen) atoms. The molecule has 2 N–H and O–H groups in total. The first kappa shape index (κ1) is 10.8. The highest BCUT2D eigenvalue weighted by atomic mass is 16.3. The van der Waals surface area contributed by atoms with E-state index in [0.29, 0.717) is 28.7 Å². The molecule has 4 aromatic rings. The van der Waals surface area contributed by atoms with E-state index in [0.717, 1.165) is 0 Å². The van der Waals surface area contributed by atoms with E-state index >= 15 is 0 Å². The first-order valence-electron chi connectivity index (χ1n) is 5.92. The lowest BCUT2D eigenvalue weighted by Crippen LogP contribution is -2.04. The van der Waals surface area contributed by atoms with Crippen LogP contribution in [0.1, 0.15) is 0 Å². The zero-order valence-electron chi connectivity index (χ0n) is 10.2. The third kappa shape index (κ3) is 1.57. The van der Waals surface area contributed by atoms with E-state index in [4.69, 9.17) is 14.6 Å². The Kier molecular flexibility index (Phi) is 2.13. The summed E-state index contributed by atoms with van der Waals surface area (Å²) in [5.41, 5.74) is 7.13. The highest BCUT2D eigenvalue weighted by Gasteiger charge is 2.13. The van der Waals surface area contributed by atoms with Gasteiger partial charge in [-0.1, -0.05) is 0 Å². The molecule has 0 radical (unpaired) electrons. The largest absolute Gasteiger partial charge is 0.463 e. The molecule has 4 heterocycles. The molecule has 7 nitrogen and oxygen atoms in total. The van der Waals surface area contributed by atoms with Crippen molar-refractivity contribution in [3.05, 3.63) is 42.9 Å². The number of furan rings is 2. The van der Waals surface area contributed by atoms with Gasteiger partial charge in [-0.25, -0.2) is 4.98 Å². The van der Waals surface area contributed by atoms with Crippen molar-refractivity contribution in [3.63, 3.8) is 0 Å². The molecule has 0 saturated heterocycles. The molecule has 7 heteroatoms. The van der Waals surface area contributed by atoms with E-state index in [-0.39, 0.29) is 5.95 Å². The monoisotopic (exact) mass is 267 g/mol. The average molecular weight is 267 g/mol. The zero-order valence-corrected chi connectivity index (χ0v) is 10.2. The van der Waals surface area contributed by atoms with Crippen LogP contribution < -0.4 is 5.73 Å². The molecule has 0 fully saturated rings. The molecule has 0 amide bonds. The fourth-order valence-electron chi connectivity index (χ4n) is 1.97. The topological polar surface area (TPSA) is 95.4 Å². The van der Waals surface area contributed by atoms with Crippen LogP contribution in [0.3, 0.4) is 0 Å². The van der Waals surface area contributed by atoms with Gasteiger partial charge in [0.15, 0.2) is 17.2 Å². The Morgan fingerprint density at radius 3 is 2.45 bits per heavy atom.